The molecule has 1 heterocycles. The van der Waals surface area contributed by atoms with Crippen LogP contribution in [0.15, 0.2) is 72.8 Å². The SMILES string of the molecule is NC(=O)c1ccccc1Cc1cccc(NC(=O)c2ccc(OCCN3CCOCC3)cc2)c1. The number of ether oxygens (including phenoxy) is 2. The number of morpholine rings is 1. The summed E-state index contributed by atoms with van der Waals surface area (Å²) in [6.07, 6.45) is 0.541. The number of hydrogen-bond donors (Lipinski definition) is 2. The minimum Gasteiger partial charge on any atom is -0.492 e. The second-order valence-corrected chi connectivity index (χ2v) is 8.18. The molecular weight excluding hydrogens is 430 g/mol. The number of rotatable bonds is 9. The van der Waals surface area contributed by atoms with E-state index in [0.717, 1.165) is 49.7 Å². The Morgan fingerprint density at radius 2 is 1.74 bits per heavy atom. The van der Waals surface area contributed by atoms with Gasteiger partial charge in [0.15, 0.2) is 0 Å². The van der Waals surface area contributed by atoms with E-state index in [4.69, 9.17) is 15.2 Å². The van der Waals surface area contributed by atoms with Crippen LogP contribution in [-0.4, -0.2) is 56.2 Å². The normalized spacial score (nSPS) is 13.9. The van der Waals surface area contributed by atoms with E-state index in [9.17, 15) is 9.59 Å². The van der Waals surface area contributed by atoms with Crippen LogP contribution < -0.4 is 15.8 Å². The lowest BCUT2D eigenvalue weighted by Crippen LogP contribution is -2.38. The average molecular weight is 460 g/mol. The Bertz CT molecular complexity index is 1120. The summed E-state index contributed by atoms with van der Waals surface area (Å²) >= 11 is 0. The minimum atomic E-state index is -0.450. The van der Waals surface area contributed by atoms with Gasteiger partial charge in [-0.25, -0.2) is 0 Å². The van der Waals surface area contributed by atoms with E-state index in [1.807, 2.05) is 48.5 Å². The van der Waals surface area contributed by atoms with Gasteiger partial charge in [0.2, 0.25) is 5.91 Å². The number of nitrogens with two attached hydrogens (primary N) is 1. The van der Waals surface area contributed by atoms with E-state index >= 15 is 0 Å². The highest BCUT2D eigenvalue weighted by Gasteiger charge is 2.11. The molecule has 176 valence electrons. The van der Waals surface area contributed by atoms with Crippen LogP contribution in [0.3, 0.4) is 0 Å². The monoisotopic (exact) mass is 459 g/mol. The summed E-state index contributed by atoms with van der Waals surface area (Å²) in [5, 5.41) is 2.94. The van der Waals surface area contributed by atoms with E-state index in [-0.39, 0.29) is 5.91 Å². The number of nitrogens with zero attached hydrogens (tertiary/aromatic N) is 1. The molecule has 3 aromatic carbocycles. The summed E-state index contributed by atoms with van der Waals surface area (Å²) in [4.78, 5) is 26.7. The highest BCUT2D eigenvalue weighted by molar-refractivity contribution is 6.04. The highest BCUT2D eigenvalue weighted by atomic mass is 16.5. The van der Waals surface area contributed by atoms with Crippen LogP contribution in [0, 0.1) is 0 Å². The molecule has 34 heavy (non-hydrogen) atoms. The van der Waals surface area contributed by atoms with Crippen LogP contribution in [0.2, 0.25) is 0 Å². The third-order valence-electron chi connectivity index (χ3n) is 5.76. The Balaban J connectivity index is 1.32. The maximum absolute atomic E-state index is 12.7. The molecule has 0 radical (unpaired) electrons. The van der Waals surface area contributed by atoms with Gasteiger partial charge >= 0.3 is 0 Å². The van der Waals surface area contributed by atoms with Gasteiger partial charge in [0.05, 0.1) is 13.2 Å². The van der Waals surface area contributed by atoms with Crippen LogP contribution in [0.4, 0.5) is 5.69 Å². The minimum absolute atomic E-state index is 0.199. The van der Waals surface area contributed by atoms with E-state index in [1.54, 1.807) is 24.3 Å². The molecular formula is C27H29N3O4. The summed E-state index contributed by atoms with van der Waals surface area (Å²) in [6, 6.07) is 22.0. The topological polar surface area (TPSA) is 93.9 Å². The maximum Gasteiger partial charge on any atom is 0.255 e. The fraction of sp³-hybridized carbons (Fsp3) is 0.259. The van der Waals surface area contributed by atoms with Gasteiger partial charge in [-0.2, -0.15) is 0 Å². The van der Waals surface area contributed by atoms with Crippen LogP contribution in [0.5, 0.6) is 5.75 Å². The quantitative estimate of drug-likeness (QED) is 0.512. The molecule has 4 rings (SSSR count). The van der Waals surface area contributed by atoms with Gasteiger partial charge in [-0.1, -0.05) is 30.3 Å². The second-order valence-electron chi connectivity index (χ2n) is 8.18. The van der Waals surface area contributed by atoms with Crippen molar-refractivity contribution in [3.63, 3.8) is 0 Å². The Kier molecular flexibility index (Phi) is 7.91. The van der Waals surface area contributed by atoms with Gasteiger partial charge < -0.3 is 20.5 Å². The number of hydrogen-bond acceptors (Lipinski definition) is 5. The maximum atomic E-state index is 12.7. The summed E-state index contributed by atoms with van der Waals surface area (Å²) < 4.78 is 11.2. The summed E-state index contributed by atoms with van der Waals surface area (Å²) in [5.74, 6) is 0.0862. The zero-order chi connectivity index (χ0) is 23.8. The molecule has 0 atom stereocenters. The largest absolute Gasteiger partial charge is 0.492 e. The Morgan fingerprint density at radius 3 is 2.50 bits per heavy atom. The van der Waals surface area contributed by atoms with Crippen LogP contribution in [0.25, 0.3) is 0 Å². The zero-order valence-corrected chi connectivity index (χ0v) is 19.0. The molecule has 0 spiro atoms. The molecule has 3 aromatic rings. The Labute approximate surface area is 199 Å². The molecule has 7 nitrogen and oxygen atoms in total. The van der Waals surface area contributed by atoms with E-state index in [1.165, 1.54) is 0 Å². The number of carbonyl (C=O) groups excluding carboxylic acids is 2. The molecule has 0 aromatic heterocycles. The number of primary amides is 1. The van der Waals surface area contributed by atoms with Crippen LogP contribution in [-0.2, 0) is 11.2 Å². The van der Waals surface area contributed by atoms with Gasteiger partial charge in [0.25, 0.3) is 5.91 Å². The van der Waals surface area contributed by atoms with Crippen molar-refractivity contribution in [1.82, 2.24) is 4.90 Å². The summed E-state index contributed by atoms with van der Waals surface area (Å²) in [7, 11) is 0. The van der Waals surface area contributed by atoms with Crippen molar-refractivity contribution in [2.45, 2.75) is 6.42 Å². The third-order valence-corrected chi connectivity index (χ3v) is 5.76. The predicted octanol–water partition coefficient (Wildman–Crippen LogP) is 3.34. The number of benzene rings is 3. The van der Waals surface area contributed by atoms with E-state index in [2.05, 4.69) is 10.2 Å². The Hall–Kier alpha value is -3.68. The molecule has 0 bridgehead atoms. The van der Waals surface area contributed by atoms with Crippen molar-refractivity contribution in [1.29, 1.82) is 0 Å². The standard InChI is InChI=1S/C27H29N3O4/c28-26(31)25-7-2-1-5-22(25)18-20-4-3-6-23(19-20)29-27(32)21-8-10-24(11-9-21)34-17-14-30-12-15-33-16-13-30/h1-11,19H,12-18H2,(H2,28,31)(H,29,32). The molecule has 3 N–H and O–H groups in total. The number of amides is 2. The van der Waals surface area contributed by atoms with E-state index in [0.29, 0.717) is 29.8 Å². The van der Waals surface area contributed by atoms with Crippen molar-refractivity contribution in [3.05, 3.63) is 95.1 Å². The zero-order valence-electron chi connectivity index (χ0n) is 19.0. The molecule has 0 aliphatic carbocycles. The van der Waals surface area contributed by atoms with Gasteiger partial charge in [-0.15, -0.1) is 0 Å². The molecule has 1 aliphatic heterocycles. The summed E-state index contributed by atoms with van der Waals surface area (Å²) in [6.45, 7) is 4.85. The average Bonchev–Trinajstić information content (AvgIpc) is 2.85. The molecule has 1 aliphatic rings. The van der Waals surface area contributed by atoms with Gasteiger partial charge in [-0.05, 0) is 60.0 Å². The summed E-state index contributed by atoms with van der Waals surface area (Å²) in [5.41, 5.74) is 9.04. The fourth-order valence-corrected chi connectivity index (χ4v) is 3.92. The van der Waals surface area contributed by atoms with Crippen molar-refractivity contribution >= 4 is 17.5 Å². The first-order chi connectivity index (χ1) is 16.6. The van der Waals surface area contributed by atoms with Crippen LogP contribution >= 0.6 is 0 Å². The lowest BCUT2D eigenvalue weighted by Gasteiger charge is -2.26. The molecule has 7 heteroatoms. The predicted molar refractivity (Wildman–Crippen MR) is 131 cm³/mol. The number of nitrogens with one attached hydrogen (secondary N) is 1. The van der Waals surface area contributed by atoms with Gasteiger partial charge in [0, 0.05) is 36.4 Å². The fourth-order valence-electron chi connectivity index (χ4n) is 3.92. The van der Waals surface area contributed by atoms with Crippen molar-refractivity contribution in [3.8, 4) is 5.75 Å². The third kappa shape index (κ3) is 6.43. The Morgan fingerprint density at radius 1 is 0.971 bits per heavy atom. The van der Waals surface area contributed by atoms with Crippen molar-refractivity contribution in [2.75, 3.05) is 44.8 Å². The molecule has 0 unspecified atom stereocenters. The molecule has 1 fully saturated rings. The van der Waals surface area contributed by atoms with Gasteiger partial charge in [-0.3, -0.25) is 14.5 Å². The van der Waals surface area contributed by atoms with Crippen molar-refractivity contribution < 1.29 is 19.1 Å². The highest BCUT2D eigenvalue weighted by Crippen LogP contribution is 2.19. The van der Waals surface area contributed by atoms with Gasteiger partial charge in [0.1, 0.15) is 12.4 Å². The lowest BCUT2D eigenvalue weighted by atomic mass is 9.99. The van der Waals surface area contributed by atoms with Crippen molar-refractivity contribution in [2.24, 2.45) is 5.73 Å². The first-order valence-corrected chi connectivity index (χ1v) is 11.4. The second kappa shape index (κ2) is 11.4. The first-order valence-electron chi connectivity index (χ1n) is 11.4. The molecule has 0 saturated carbocycles. The number of anilines is 1. The van der Waals surface area contributed by atoms with E-state index < -0.39 is 5.91 Å². The first kappa shape index (κ1) is 23.5. The number of carbonyl (C=O) groups is 2. The van der Waals surface area contributed by atoms with Crippen LogP contribution in [0.1, 0.15) is 31.8 Å². The smallest absolute Gasteiger partial charge is 0.255 e. The molecule has 2 amide bonds. The molecule has 1 saturated heterocycles. The lowest BCUT2D eigenvalue weighted by molar-refractivity contribution is 0.0322.